The molecule has 3 aromatic rings. The number of esters is 1. The zero-order chi connectivity index (χ0) is 19.7. The Balaban J connectivity index is 1.45. The zero-order valence-corrected chi connectivity index (χ0v) is 16.3. The molecule has 0 spiro atoms. The summed E-state index contributed by atoms with van der Waals surface area (Å²) in [6, 6.07) is 12.6. The Labute approximate surface area is 170 Å². The summed E-state index contributed by atoms with van der Waals surface area (Å²) >= 11 is 7.10. The van der Waals surface area contributed by atoms with Crippen molar-refractivity contribution < 1.29 is 19.1 Å². The Hall–Kier alpha value is -2.90. The molecule has 3 heterocycles. The van der Waals surface area contributed by atoms with Gasteiger partial charge < -0.3 is 14.8 Å². The van der Waals surface area contributed by atoms with Crippen LogP contribution in [0.4, 0.5) is 5.82 Å². The molecule has 1 amide bonds. The summed E-state index contributed by atoms with van der Waals surface area (Å²) in [6.07, 6.45) is 0.442. The maximum atomic E-state index is 12.5. The fourth-order valence-corrected chi connectivity index (χ4v) is 3.94. The first-order chi connectivity index (χ1) is 13.5. The normalized spacial score (nSPS) is 12.9. The summed E-state index contributed by atoms with van der Waals surface area (Å²) < 4.78 is 11.0. The highest BCUT2D eigenvalue weighted by atomic mass is 35.5. The average molecular weight is 415 g/mol. The molecule has 2 aromatic heterocycles. The number of rotatable bonds is 4. The van der Waals surface area contributed by atoms with Crippen molar-refractivity contribution in [3.05, 3.63) is 64.1 Å². The van der Waals surface area contributed by atoms with E-state index in [9.17, 15) is 9.59 Å². The number of anilines is 1. The fraction of sp³-hybridized carbons (Fsp3) is 0.150. The summed E-state index contributed by atoms with van der Waals surface area (Å²) in [4.78, 5) is 30.2. The maximum absolute atomic E-state index is 12.5. The fourth-order valence-electron chi connectivity index (χ4n) is 2.75. The molecule has 1 aromatic carbocycles. The number of thiophene rings is 1. The van der Waals surface area contributed by atoms with Crippen LogP contribution in [0.3, 0.4) is 0 Å². The van der Waals surface area contributed by atoms with Crippen molar-refractivity contribution in [2.45, 2.75) is 19.6 Å². The van der Waals surface area contributed by atoms with E-state index >= 15 is 0 Å². The van der Waals surface area contributed by atoms with Gasteiger partial charge in [-0.2, -0.15) is 0 Å². The van der Waals surface area contributed by atoms with E-state index in [4.69, 9.17) is 21.1 Å². The van der Waals surface area contributed by atoms with Gasteiger partial charge in [0.05, 0.1) is 5.02 Å². The molecule has 1 N–H and O–H groups in total. The Morgan fingerprint density at radius 2 is 2.11 bits per heavy atom. The second-order valence-corrected chi connectivity index (χ2v) is 7.64. The Kier molecular flexibility index (Phi) is 5.02. The third kappa shape index (κ3) is 3.72. The van der Waals surface area contributed by atoms with Crippen LogP contribution in [0.15, 0.2) is 48.7 Å². The maximum Gasteiger partial charge on any atom is 0.349 e. The number of aromatic nitrogens is 1. The molecule has 8 heteroatoms. The smallest absolute Gasteiger partial charge is 0.349 e. The van der Waals surface area contributed by atoms with Crippen molar-refractivity contribution in [2.24, 2.45) is 0 Å². The summed E-state index contributed by atoms with van der Waals surface area (Å²) in [7, 11) is 0. The van der Waals surface area contributed by atoms with E-state index in [1.165, 1.54) is 24.5 Å². The first-order valence-electron chi connectivity index (χ1n) is 8.49. The summed E-state index contributed by atoms with van der Waals surface area (Å²) in [6.45, 7) is 1.91. The number of hydrogen-bond donors (Lipinski definition) is 1. The van der Waals surface area contributed by atoms with Crippen LogP contribution in [-0.2, 0) is 16.1 Å². The Morgan fingerprint density at radius 3 is 2.89 bits per heavy atom. The van der Waals surface area contributed by atoms with Gasteiger partial charge in [0.15, 0.2) is 6.10 Å². The lowest BCUT2D eigenvalue weighted by molar-refractivity contribution is -0.123. The van der Waals surface area contributed by atoms with Gasteiger partial charge in [-0.15, -0.1) is 11.3 Å². The van der Waals surface area contributed by atoms with E-state index in [1.54, 1.807) is 18.2 Å². The first-order valence-corrected chi connectivity index (χ1v) is 9.69. The van der Waals surface area contributed by atoms with Gasteiger partial charge in [0, 0.05) is 22.2 Å². The standard InChI is InChI=1S/C20H15ClN2O4S/c1-11(19(24)23-17-7-6-13(21)9-22-17)27-20(25)16-8-12-10-26-15-5-3-2-4-14(15)18(12)28-16/h2-9,11H,10H2,1H3,(H,22,23,24). The number of carbonyl (C=O) groups is 2. The largest absolute Gasteiger partial charge is 0.488 e. The van der Waals surface area contributed by atoms with Crippen molar-refractivity contribution in [3.8, 4) is 16.2 Å². The van der Waals surface area contributed by atoms with Gasteiger partial charge >= 0.3 is 5.97 Å². The minimum atomic E-state index is -0.979. The number of pyridine rings is 1. The molecule has 0 bridgehead atoms. The van der Waals surface area contributed by atoms with E-state index in [2.05, 4.69) is 10.3 Å². The third-order valence-corrected chi connectivity index (χ3v) is 5.57. The Bertz CT molecular complexity index is 1050. The van der Waals surface area contributed by atoms with Gasteiger partial charge in [0.2, 0.25) is 0 Å². The second kappa shape index (κ2) is 7.61. The second-order valence-electron chi connectivity index (χ2n) is 6.15. The number of amides is 1. The van der Waals surface area contributed by atoms with Gasteiger partial charge in [0.25, 0.3) is 5.91 Å². The van der Waals surface area contributed by atoms with E-state index in [-0.39, 0.29) is 0 Å². The number of ether oxygens (including phenoxy) is 2. The number of nitrogens with zero attached hydrogens (tertiary/aromatic N) is 1. The van der Waals surface area contributed by atoms with Crippen molar-refractivity contribution in [3.63, 3.8) is 0 Å². The SMILES string of the molecule is CC(OC(=O)c1cc2c(s1)-c1ccccc1OC2)C(=O)Nc1ccc(Cl)cn1. The van der Waals surface area contributed by atoms with E-state index in [1.807, 2.05) is 24.3 Å². The lowest BCUT2D eigenvalue weighted by Crippen LogP contribution is -2.30. The lowest BCUT2D eigenvalue weighted by Gasteiger charge is -2.16. The van der Waals surface area contributed by atoms with Crippen LogP contribution in [-0.4, -0.2) is 23.0 Å². The molecule has 0 saturated carbocycles. The van der Waals surface area contributed by atoms with Crippen LogP contribution in [0.2, 0.25) is 5.02 Å². The molecule has 142 valence electrons. The number of hydrogen-bond acceptors (Lipinski definition) is 6. The van der Waals surface area contributed by atoms with Gasteiger partial charge in [-0.1, -0.05) is 23.7 Å². The van der Waals surface area contributed by atoms with Crippen LogP contribution >= 0.6 is 22.9 Å². The predicted molar refractivity (Wildman–Crippen MR) is 107 cm³/mol. The highest BCUT2D eigenvalue weighted by Gasteiger charge is 2.25. The van der Waals surface area contributed by atoms with Crippen LogP contribution in [0, 0.1) is 0 Å². The van der Waals surface area contributed by atoms with Gasteiger partial charge in [-0.25, -0.2) is 9.78 Å². The Morgan fingerprint density at radius 1 is 1.29 bits per heavy atom. The van der Waals surface area contributed by atoms with Crippen molar-refractivity contribution >= 4 is 40.6 Å². The molecule has 0 aliphatic carbocycles. The molecule has 1 aliphatic rings. The number of halogens is 1. The zero-order valence-electron chi connectivity index (χ0n) is 14.8. The molecular weight excluding hydrogens is 400 g/mol. The highest BCUT2D eigenvalue weighted by molar-refractivity contribution is 7.17. The molecule has 1 aliphatic heterocycles. The van der Waals surface area contributed by atoms with Crippen LogP contribution in [0.25, 0.3) is 10.4 Å². The molecule has 28 heavy (non-hydrogen) atoms. The quantitative estimate of drug-likeness (QED) is 0.634. The van der Waals surface area contributed by atoms with Crippen LogP contribution < -0.4 is 10.1 Å². The molecule has 0 radical (unpaired) electrons. The number of carbonyl (C=O) groups excluding carboxylic acids is 2. The van der Waals surface area contributed by atoms with Crippen LogP contribution in [0.5, 0.6) is 5.75 Å². The van der Waals surface area contributed by atoms with Gasteiger partial charge in [0.1, 0.15) is 23.1 Å². The summed E-state index contributed by atoms with van der Waals surface area (Å²) in [5, 5.41) is 3.05. The molecule has 0 fully saturated rings. The molecule has 4 rings (SSSR count). The summed E-state index contributed by atoms with van der Waals surface area (Å²) in [5.74, 6) is 0.0967. The molecule has 6 nitrogen and oxygen atoms in total. The van der Waals surface area contributed by atoms with E-state index in [0.29, 0.717) is 22.3 Å². The van der Waals surface area contributed by atoms with Crippen molar-refractivity contribution in [1.82, 2.24) is 4.98 Å². The third-order valence-electron chi connectivity index (χ3n) is 4.16. The molecule has 1 atom stereocenters. The topological polar surface area (TPSA) is 77.5 Å². The first kappa shape index (κ1) is 18.5. The number of benzene rings is 1. The van der Waals surface area contributed by atoms with Gasteiger partial charge in [-0.3, -0.25) is 4.79 Å². The van der Waals surface area contributed by atoms with Gasteiger partial charge in [-0.05, 0) is 37.3 Å². The predicted octanol–water partition coefficient (Wildman–Crippen LogP) is 4.54. The molecule has 1 unspecified atom stereocenters. The minimum Gasteiger partial charge on any atom is -0.488 e. The number of fused-ring (bicyclic) bond motifs is 3. The monoisotopic (exact) mass is 414 g/mol. The number of para-hydroxylation sites is 1. The molecular formula is C20H15ClN2O4S. The average Bonchev–Trinajstić information content (AvgIpc) is 3.14. The highest BCUT2D eigenvalue weighted by Crippen LogP contribution is 2.42. The van der Waals surface area contributed by atoms with Crippen molar-refractivity contribution in [1.29, 1.82) is 0 Å². The number of nitrogens with one attached hydrogen (secondary N) is 1. The van der Waals surface area contributed by atoms with Crippen molar-refractivity contribution in [2.75, 3.05) is 5.32 Å². The minimum absolute atomic E-state index is 0.331. The lowest BCUT2D eigenvalue weighted by atomic mass is 10.1. The van der Waals surface area contributed by atoms with E-state index in [0.717, 1.165) is 21.8 Å². The van der Waals surface area contributed by atoms with E-state index < -0.39 is 18.0 Å². The molecule has 0 saturated heterocycles. The summed E-state index contributed by atoms with van der Waals surface area (Å²) in [5.41, 5.74) is 1.88. The van der Waals surface area contributed by atoms with Crippen LogP contribution in [0.1, 0.15) is 22.2 Å².